The van der Waals surface area contributed by atoms with Crippen LogP contribution in [0.2, 0.25) is 0 Å². The SMILES string of the molecule is C[C@H]1CCCC[C@H]1NC(=O)COC(=O)/C(=C/c1cccs1)c1cccs1. The second-order valence-electron chi connectivity index (χ2n) is 6.56. The summed E-state index contributed by atoms with van der Waals surface area (Å²) >= 11 is 3.03. The summed E-state index contributed by atoms with van der Waals surface area (Å²) in [5, 5.41) is 6.89. The largest absolute Gasteiger partial charge is 0.452 e. The molecule has 3 rings (SSSR count). The Hall–Kier alpha value is -1.92. The molecule has 2 atom stereocenters. The summed E-state index contributed by atoms with van der Waals surface area (Å²) in [5.74, 6) is -0.213. The maximum atomic E-state index is 12.6. The summed E-state index contributed by atoms with van der Waals surface area (Å²) in [6.07, 6.45) is 6.32. The van der Waals surface area contributed by atoms with Gasteiger partial charge in [0, 0.05) is 15.8 Å². The molecule has 2 aromatic heterocycles. The maximum Gasteiger partial charge on any atom is 0.340 e. The number of ether oxygens (including phenoxy) is 1. The van der Waals surface area contributed by atoms with Gasteiger partial charge in [0.1, 0.15) is 0 Å². The van der Waals surface area contributed by atoms with Crippen LogP contribution in [0.5, 0.6) is 0 Å². The summed E-state index contributed by atoms with van der Waals surface area (Å²) in [6.45, 7) is 1.92. The average Bonchev–Trinajstić information content (AvgIpc) is 3.33. The predicted molar refractivity (Wildman–Crippen MR) is 107 cm³/mol. The van der Waals surface area contributed by atoms with Crippen LogP contribution >= 0.6 is 22.7 Å². The number of hydrogen-bond donors (Lipinski definition) is 1. The lowest BCUT2D eigenvalue weighted by atomic mass is 9.86. The Balaban J connectivity index is 1.60. The average molecular weight is 390 g/mol. The Labute approximate surface area is 161 Å². The lowest BCUT2D eigenvalue weighted by Gasteiger charge is -2.29. The number of carbonyl (C=O) groups excluding carboxylic acids is 2. The third-order valence-corrected chi connectivity index (χ3v) is 6.35. The number of hydrogen-bond acceptors (Lipinski definition) is 5. The van der Waals surface area contributed by atoms with Crippen molar-refractivity contribution in [2.75, 3.05) is 6.61 Å². The van der Waals surface area contributed by atoms with Crippen LogP contribution in [0.1, 0.15) is 42.4 Å². The second-order valence-corrected chi connectivity index (χ2v) is 8.49. The zero-order valence-corrected chi connectivity index (χ0v) is 16.4. The van der Waals surface area contributed by atoms with E-state index in [0.29, 0.717) is 11.5 Å². The fourth-order valence-electron chi connectivity index (χ4n) is 3.17. The van der Waals surface area contributed by atoms with Crippen molar-refractivity contribution in [2.45, 2.75) is 38.6 Å². The summed E-state index contributed by atoms with van der Waals surface area (Å²) in [6, 6.07) is 7.85. The van der Waals surface area contributed by atoms with Crippen LogP contribution in [0, 0.1) is 5.92 Å². The molecule has 0 aliphatic heterocycles. The second kappa shape index (κ2) is 9.14. The van der Waals surface area contributed by atoms with Gasteiger partial charge in [-0.25, -0.2) is 4.79 Å². The number of rotatable bonds is 6. The van der Waals surface area contributed by atoms with Gasteiger partial charge in [0.25, 0.3) is 5.91 Å². The minimum absolute atomic E-state index is 0.188. The quantitative estimate of drug-likeness (QED) is 0.581. The summed E-state index contributed by atoms with van der Waals surface area (Å²) in [7, 11) is 0. The van der Waals surface area contributed by atoms with Crippen molar-refractivity contribution in [3.05, 3.63) is 44.8 Å². The Bertz CT molecular complexity index is 750. The number of nitrogens with one attached hydrogen (secondary N) is 1. The van der Waals surface area contributed by atoms with Gasteiger partial charge < -0.3 is 10.1 Å². The number of amides is 1. The van der Waals surface area contributed by atoms with Crippen LogP contribution in [0.15, 0.2) is 35.0 Å². The highest BCUT2D eigenvalue weighted by Gasteiger charge is 2.23. The minimum Gasteiger partial charge on any atom is -0.452 e. The molecule has 2 heterocycles. The highest BCUT2D eigenvalue weighted by Crippen LogP contribution is 2.26. The van der Waals surface area contributed by atoms with Crippen molar-refractivity contribution >= 4 is 46.2 Å². The van der Waals surface area contributed by atoms with Crippen LogP contribution in [-0.2, 0) is 14.3 Å². The predicted octanol–water partition coefficient (Wildman–Crippen LogP) is 4.59. The molecule has 4 nitrogen and oxygen atoms in total. The van der Waals surface area contributed by atoms with Crippen molar-refractivity contribution in [1.82, 2.24) is 5.32 Å². The summed E-state index contributed by atoms with van der Waals surface area (Å²) < 4.78 is 5.31. The molecule has 0 unspecified atom stereocenters. The van der Waals surface area contributed by atoms with Gasteiger partial charge in [-0.05, 0) is 47.7 Å². The fourth-order valence-corrected chi connectivity index (χ4v) is 4.55. The maximum absolute atomic E-state index is 12.6. The molecule has 1 aliphatic carbocycles. The van der Waals surface area contributed by atoms with E-state index in [1.807, 2.05) is 41.1 Å². The Morgan fingerprint density at radius 2 is 1.96 bits per heavy atom. The Morgan fingerprint density at radius 3 is 2.65 bits per heavy atom. The van der Waals surface area contributed by atoms with Crippen molar-refractivity contribution in [3.63, 3.8) is 0 Å². The van der Waals surface area contributed by atoms with Gasteiger partial charge in [-0.3, -0.25) is 4.79 Å². The van der Waals surface area contributed by atoms with Crippen LogP contribution in [0.25, 0.3) is 11.6 Å². The Morgan fingerprint density at radius 1 is 1.19 bits per heavy atom. The lowest BCUT2D eigenvalue weighted by molar-refractivity contribution is -0.143. The van der Waals surface area contributed by atoms with E-state index in [1.165, 1.54) is 17.8 Å². The summed E-state index contributed by atoms with van der Waals surface area (Å²) in [5.41, 5.74) is 0.487. The first-order valence-electron chi connectivity index (χ1n) is 8.89. The first kappa shape index (κ1) is 18.9. The molecule has 0 bridgehead atoms. The number of carbonyl (C=O) groups is 2. The van der Waals surface area contributed by atoms with E-state index in [9.17, 15) is 9.59 Å². The first-order valence-corrected chi connectivity index (χ1v) is 10.6. The zero-order valence-electron chi connectivity index (χ0n) is 14.8. The smallest absolute Gasteiger partial charge is 0.340 e. The van der Waals surface area contributed by atoms with Gasteiger partial charge in [-0.2, -0.15) is 0 Å². The fraction of sp³-hybridized carbons (Fsp3) is 0.400. The molecule has 1 saturated carbocycles. The Kier molecular flexibility index (Phi) is 6.63. The highest BCUT2D eigenvalue weighted by atomic mass is 32.1. The van der Waals surface area contributed by atoms with E-state index in [4.69, 9.17) is 4.74 Å². The minimum atomic E-state index is -0.465. The molecule has 1 fully saturated rings. The van der Waals surface area contributed by atoms with Crippen LogP contribution < -0.4 is 5.32 Å². The molecule has 0 radical (unpaired) electrons. The molecular formula is C20H23NO3S2. The van der Waals surface area contributed by atoms with Crippen molar-refractivity contribution in [2.24, 2.45) is 5.92 Å². The number of thiophene rings is 2. The molecule has 1 aliphatic rings. The molecule has 26 heavy (non-hydrogen) atoms. The molecule has 1 N–H and O–H groups in total. The molecule has 0 aromatic carbocycles. The third-order valence-electron chi connectivity index (χ3n) is 4.63. The molecule has 0 spiro atoms. The van der Waals surface area contributed by atoms with Crippen molar-refractivity contribution in [3.8, 4) is 0 Å². The van der Waals surface area contributed by atoms with Gasteiger partial charge >= 0.3 is 5.97 Å². The van der Waals surface area contributed by atoms with Crippen molar-refractivity contribution < 1.29 is 14.3 Å². The van der Waals surface area contributed by atoms with Crippen LogP contribution in [-0.4, -0.2) is 24.5 Å². The molecule has 1 amide bonds. The lowest BCUT2D eigenvalue weighted by Crippen LogP contribution is -2.42. The van der Waals surface area contributed by atoms with E-state index < -0.39 is 5.97 Å². The third kappa shape index (κ3) is 5.05. The molecule has 138 valence electrons. The molecule has 0 saturated heterocycles. The van der Waals surface area contributed by atoms with Crippen LogP contribution in [0.4, 0.5) is 0 Å². The highest BCUT2D eigenvalue weighted by molar-refractivity contribution is 7.12. The monoisotopic (exact) mass is 389 g/mol. The van der Waals surface area contributed by atoms with Gasteiger partial charge in [-0.15, -0.1) is 22.7 Å². The topological polar surface area (TPSA) is 55.4 Å². The van der Waals surface area contributed by atoms with Gasteiger partial charge in [-0.1, -0.05) is 31.9 Å². The standard InChI is InChI=1S/C20H23NO3S2/c1-14-6-2-3-8-17(14)21-19(22)13-24-20(23)16(18-9-5-11-26-18)12-15-7-4-10-25-15/h4-5,7,9-12,14,17H,2-3,6,8,13H2,1H3,(H,21,22)/b16-12+/t14-,17+/m0/s1. The number of esters is 1. The zero-order chi connectivity index (χ0) is 18.4. The first-order chi connectivity index (χ1) is 12.6. The van der Waals surface area contributed by atoms with Crippen molar-refractivity contribution in [1.29, 1.82) is 0 Å². The molecule has 2 aromatic rings. The van der Waals surface area contributed by atoms with E-state index >= 15 is 0 Å². The molecule has 6 heteroatoms. The van der Waals surface area contributed by atoms with Gasteiger partial charge in [0.05, 0.1) is 5.57 Å². The van der Waals surface area contributed by atoms with E-state index in [1.54, 1.807) is 11.3 Å². The van der Waals surface area contributed by atoms with E-state index in [2.05, 4.69) is 12.2 Å². The normalized spacial score (nSPS) is 20.6. The summed E-state index contributed by atoms with van der Waals surface area (Å²) in [4.78, 5) is 26.6. The van der Waals surface area contributed by atoms with Gasteiger partial charge in [0.15, 0.2) is 6.61 Å². The van der Waals surface area contributed by atoms with E-state index in [-0.39, 0.29) is 18.6 Å². The van der Waals surface area contributed by atoms with E-state index in [0.717, 1.165) is 29.0 Å². The molecular weight excluding hydrogens is 366 g/mol. The van der Waals surface area contributed by atoms with Crippen LogP contribution in [0.3, 0.4) is 0 Å². The van der Waals surface area contributed by atoms with Gasteiger partial charge in [0.2, 0.25) is 0 Å².